The Morgan fingerprint density at radius 1 is 1.05 bits per heavy atom. The number of hydrogen-bond acceptors (Lipinski definition) is 4. The second kappa shape index (κ2) is 4.97. The molecule has 6 heteroatoms. The van der Waals surface area contributed by atoms with E-state index < -0.39 is 11.6 Å². The molecule has 0 atom stereocenters. The molecule has 0 spiro atoms. The molecule has 0 saturated carbocycles. The summed E-state index contributed by atoms with van der Waals surface area (Å²) < 4.78 is 32.2. The van der Waals surface area contributed by atoms with E-state index in [1.54, 1.807) is 13.0 Å². The van der Waals surface area contributed by atoms with E-state index in [1.807, 2.05) is 0 Å². The molecular formula is C15H11F2N3O. The van der Waals surface area contributed by atoms with Gasteiger partial charge in [0.05, 0.1) is 5.56 Å². The Morgan fingerprint density at radius 2 is 1.86 bits per heavy atom. The molecule has 2 aromatic carbocycles. The van der Waals surface area contributed by atoms with Crippen molar-refractivity contribution in [3.63, 3.8) is 0 Å². The Morgan fingerprint density at radius 3 is 2.62 bits per heavy atom. The van der Waals surface area contributed by atoms with Crippen LogP contribution in [0, 0.1) is 18.6 Å². The first-order chi connectivity index (χ1) is 10.0. The second-order valence-electron chi connectivity index (χ2n) is 4.62. The molecule has 0 amide bonds. The number of halogens is 2. The number of anilines is 1. The highest BCUT2D eigenvalue weighted by Gasteiger charge is 2.16. The molecule has 0 fully saturated rings. The van der Waals surface area contributed by atoms with Crippen molar-refractivity contribution in [3.8, 4) is 22.8 Å². The van der Waals surface area contributed by atoms with Crippen LogP contribution in [0.4, 0.5) is 14.5 Å². The zero-order valence-electron chi connectivity index (χ0n) is 11.1. The Labute approximate surface area is 119 Å². The number of benzene rings is 2. The SMILES string of the molecule is Cc1ccc(F)cc1-c1noc(-c2ccc(N)cc2F)n1. The minimum atomic E-state index is -0.554. The first-order valence-corrected chi connectivity index (χ1v) is 6.20. The zero-order valence-corrected chi connectivity index (χ0v) is 11.1. The first-order valence-electron chi connectivity index (χ1n) is 6.20. The Hall–Kier alpha value is -2.76. The molecule has 0 aliphatic rings. The third-order valence-corrected chi connectivity index (χ3v) is 3.09. The van der Waals surface area contributed by atoms with Crippen molar-refractivity contribution in [2.75, 3.05) is 5.73 Å². The number of rotatable bonds is 2. The molecule has 1 aromatic heterocycles. The summed E-state index contributed by atoms with van der Waals surface area (Å²) in [6.07, 6.45) is 0. The molecule has 21 heavy (non-hydrogen) atoms. The highest BCUT2D eigenvalue weighted by Crippen LogP contribution is 2.27. The Balaban J connectivity index is 2.06. The van der Waals surface area contributed by atoms with Gasteiger partial charge in [0.2, 0.25) is 5.82 Å². The van der Waals surface area contributed by atoms with Crippen molar-refractivity contribution in [1.29, 1.82) is 0 Å². The van der Waals surface area contributed by atoms with Crippen LogP contribution in [-0.2, 0) is 0 Å². The van der Waals surface area contributed by atoms with Crippen LogP contribution in [0.5, 0.6) is 0 Å². The summed E-state index contributed by atoms with van der Waals surface area (Å²) in [4.78, 5) is 4.12. The van der Waals surface area contributed by atoms with Gasteiger partial charge >= 0.3 is 0 Å². The third-order valence-electron chi connectivity index (χ3n) is 3.09. The number of nitrogens with zero attached hydrogens (tertiary/aromatic N) is 2. The predicted octanol–water partition coefficient (Wildman–Crippen LogP) is 3.57. The summed E-state index contributed by atoms with van der Waals surface area (Å²) in [6.45, 7) is 1.80. The minimum absolute atomic E-state index is 0.0196. The number of nitrogen functional groups attached to an aromatic ring is 1. The van der Waals surface area contributed by atoms with Gasteiger partial charge in [0.1, 0.15) is 11.6 Å². The monoisotopic (exact) mass is 287 g/mol. The van der Waals surface area contributed by atoms with E-state index in [9.17, 15) is 8.78 Å². The van der Waals surface area contributed by atoms with Gasteiger partial charge in [-0.3, -0.25) is 0 Å². The summed E-state index contributed by atoms with van der Waals surface area (Å²) in [5.41, 5.74) is 7.24. The molecule has 3 rings (SSSR count). The lowest BCUT2D eigenvalue weighted by atomic mass is 10.1. The van der Waals surface area contributed by atoms with Crippen molar-refractivity contribution in [2.45, 2.75) is 6.92 Å². The van der Waals surface area contributed by atoms with Gasteiger partial charge < -0.3 is 10.3 Å². The Bertz CT molecular complexity index is 814. The summed E-state index contributed by atoms with van der Waals surface area (Å²) in [5.74, 6) is -0.730. The normalized spacial score (nSPS) is 10.8. The van der Waals surface area contributed by atoms with Crippen LogP contribution in [0.3, 0.4) is 0 Å². The number of aromatic nitrogens is 2. The largest absolute Gasteiger partial charge is 0.399 e. The molecule has 106 valence electrons. The van der Waals surface area contributed by atoms with Crippen LogP contribution in [-0.4, -0.2) is 10.1 Å². The van der Waals surface area contributed by atoms with E-state index >= 15 is 0 Å². The number of hydrogen-bond donors (Lipinski definition) is 1. The molecule has 0 radical (unpaired) electrons. The van der Waals surface area contributed by atoms with Crippen LogP contribution in [0.25, 0.3) is 22.8 Å². The highest BCUT2D eigenvalue weighted by molar-refractivity contribution is 5.64. The van der Waals surface area contributed by atoms with E-state index in [4.69, 9.17) is 10.3 Å². The summed E-state index contributed by atoms with van der Waals surface area (Å²) >= 11 is 0. The number of nitrogens with two attached hydrogens (primary N) is 1. The highest BCUT2D eigenvalue weighted by atomic mass is 19.1. The molecule has 0 aliphatic carbocycles. The molecular weight excluding hydrogens is 276 g/mol. The molecule has 3 aromatic rings. The maximum atomic E-state index is 13.8. The maximum Gasteiger partial charge on any atom is 0.261 e. The average molecular weight is 287 g/mol. The van der Waals surface area contributed by atoms with Crippen molar-refractivity contribution in [2.24, 2.45) is 0 Å². The van der Waals surface area contributed by atoms with Gasteiger partial charge in [0.25, 0.3) is 5.89 Å². The van der Waals surface area contributed by atoms with Crippen molar-refractivity contribution in [1.82, 2.24) is 10.1 Å². The van der Waals surface area contributed by atoms with E-state index in [1.165, 1.54) is 30.3 Å². The lowest BCUT2D eigenvalue weighted by Gasteiger charge is -2.00. The van der Waals surface area contributed by atoms with Gasteiger partial charge in [-0.1, -0.05) is 11.2 Å². The fourth-order valence-corrected chi connectivity index (χ4v) is 1.98. The van der Waals surface area contributed by atoms with Crippen LogP contribution in [0.1, 0.15) is 5.56 Å². The lowest BCUT2D eigenvalue weighted by Crippen LogP contribution is -1.90. The van der Waals surface area contributed by atoms with Gasteiger partial charge in [0, 0.05) is 11.3 Å². The summed E-state index contributed by atoms with van der Waals surface area (Å²) in [5, 5.41) is 3.78. The first kappa shape index (κ1) is 13.2. The van der Waals surface area contributed by atoms with E-state index in [2.05, 4.69) is 10.1 Å². The van der Waals surface area contributed by atoms with Crippen molar-refractivity contribution < 1.29 is 13.3 Å². The van der Waals surface area contributed by atoms with Gasteiger partial charge in [-0.2, -0.15) is 4.98 Å². The molecule has 0 unspecified atom stereocenters. The van der Waals surface area contributed by atoms with Crippen molar-refractivity contribution in [3.05, 3.63) is 53.6 Å². The predicted molar refractivity (Wildman–Crippen MR) is 74.2 cm³/mol. The van der Waals surface area contributed by atoms with Crippen molar-refractivity contribution >= 4 is 5.69 Å². The fourth-order valence-electron chi connectivity index (χ4n) is 1.98. The smallest absolute Gasteiger partial charge is 0.261 e. The van der Waals surface area contributed by atoms with E-state index in [0.29, 0.717) is 11.3 Å². The van der Waals surface area contributed by atoms with Crippen LogP contribution in [0.2, 0.25) is 0 Å². The average Bonchev–Trinajstić information content (AvgIpc) is 2.91. The summed E-state index contributed by atoms with van der Waals surface area (Å²) in [6, 6.07) is 8.44. The molecule has 2 N–H and O–H groups in total. The zero-order chi connectivity index (χ0) is 15.0. The summed E-state index contributed by atoms with van der Waals surface area (Å²) in [7, 11) is 0. The Kier molecular flexibility index (Phi) is 3.13. The van der Waals surface area contributed by atoms with Gasteiger partial charge in [0.15, 0.2) is 0 Å². The van der Waals surface area contributed by atoms with E-state index in [-0.39, 0.29) is 17.3 Å². The standard InChI is InChI=1S/C15H11F2N3O/c1-8-2-3-9(16)6-12(8)14-19-15(21-20-14)11-5-4-10(18)7-13(11)17/h2-7H,18H2,1H3. The maximum absolute atomic E-state index is 13.8. The van der Waals surface area contributed by atoms with Crippen LogP contribution >= 0.6 is 0 Å². The molecule has 1 heterocycles. The molecule has 0 saturated heterocycles. The van der Waals surface area contributed by atoms with E-state index in [0.717, 1.165) is 5.56 Å². The third kappa shape index (κ3) is 2.47. The van der Waals surface area contributed by atoms with Crippen LogP contribution in [0.15, 0.2) is 40.9 Å². The number of aryl methyl sites for hydroxylation is 1. The molecule has 0 aliphatic heterocycles. The van der Waals surface area contributed by atoms with Gasteiger partial charge in [-0.05, 0) is 42.8 Å². The van der Waals surface area contributed by atoms with Crippen LogP contribution < -0.4 is 5.73 Å². The topological polar surface area (TPSA) is 64.9 Å². The lowest BCUT2D eigenvalue weighted by molar-refractivity contribution is 0.429. The molecule has 4 nitrogen and oxygen atoms in total. The molecule has 0 bridgehead atoms. The fraction of sp³-hybridized carbons (Fsp3) is 0.0667. The quantitative estimate of drug-likeness (QED) is 0.732. The minimum Gasteiger partial charge on any atom is -0.399 e. The second-order valence-corrected chi connectivity index (χ2v) is 4.62. The van der Waals surface area contributed by atoms with Gasteiger partial charge in [-0.15, -0.1) is 0 Å². The van der Waals surface area contributed by atoms with Gasteiger partial charge in [-0.25, -0.2) is 8.78 Å².